The van der Waals surface area contributed by atoms with Gasteiger partial charge in [-0.25, -0.2) is 0 Å². The van der Waals surface area contributed by atoms with E-state index in [-0.39, 0.29) is 10.8 Å². The van der Waals surface area contributed by atoms with Gasteiger partial charge in [0, 0.05) is 6.08 Å². The van der Waals surface area contributed by atoms with E-state index in [2.05, 4.69) is 0 Å². The van der Waals surface area contributed by atoms with Gasteiger partial charge in [0.25, 0.3) is 0 Å². The largest absolute Gasteiger partial charge is 0.501 e. The van der Waals surface area contributed by atoms with E-state index in [0.29, 0.717) is 0 Å². The number of rotatable bonds is 1. The Balaban J connectivity index is 3.10. The van der Waals surface area contributed by atoms with Crippen LogP contribution in [-0.4, -0.2) is 22.3 Å². The Bertz CT molecular complexity index is 385. The number of halogens is 1. The third-order valence-electron chi connectivity index (χ3n) is 1.54. The lowest BCUT2D eigenvalue weighted by atomic mass is 10.1. The van der Waals surface area contributed by atoms with Crippen molar-refractivity contribution < 1.29 is 19.4 Å². The molecular weight excluding hydrogens is 220 g/mol. The van der Waals surface area contributed by atoms with Crippen LogP contribution in [0.5, 0.6) is 0 Å². The molecule has 0 aromatic carbocycles. The molecule has 1 N–H and O–H groups in total. The van der Waals surface area contributed by atoms with E-state index in [4.69, 9.17) is 16.3 Å². The highest BCUT2D eigenvalue weighted by Crippen LogP contribution is 2.25. The maximum Gasteiger partial charge on any atom is 0.243 e. The number of allylic oxidation sites excluding steroid dienone is 2. The second kappa shape index (κ2) is 3.70. The van der Waals surface area contributed by atoms with Crippen molar-refractivity contribution in [2.75, 3.05) is 0 Å². The highest BCUT2D eigenvalue weighted by molar-refractivity contribution is 6.48. The van der Waals surface area contributed by atoms with Crippen molar-refractivity contribution in [1.82, 2.24) is 0 Å². The van der Waals surface area contributed by atoms with Crippen LogP contribution in [0.4, 0.5) is 0 Å². The summed E-state index contributed by atoms with van der Waals surface area (Å²) in [6.45, 7) is 5.08. The van der Waals surface area contributed by atoms with E-state index >= 15 is 0 Å². The summed E-state index contributed by atoms with van der Waals surface area (Å²) in [4.78, 5) is 22.6. The van der Waals surface area contributed by atoms with Crippen molar-refractivity contribution in [2.45, 2.75) is 26.4 Å². The third-order valence-corrected chi connectivity index (χ3v) is 1.82. The Morgan fingerprint density at radius 1 is 1.33 bits per heavy atom. The first-order valence-corrected chi connectivity index (χ1v) is 4.68. The van der Waals surface area contributed by atoms with Gasteiger partial charge in [-0.3, -0.25) is 9.59 Å². The molecule has 0 aromatic rings. The highest BCUT2D eigenvalue weighted by atomic mass is 35.5. The van der Waals surface area contributed by atoms with Crippen LogP contribution in [0.3, 0.4) is 0 Å². The van der Waals surface area contributed by atoms with Gasteiger partial charge < -0.3 is 9.84 Å². The van der Waals surface area contributed by atoms with Gasteiger partial charge in [0.1, 0.15) is 5.60 Å². The molecule has 0 amide bonds. The number of carbonyl (C=O) groups is 2. The van der Waals surface area contributed by atoms with Gasteiger partial charge in [0.15, 0.2) is 0 Å². The van der Waals surface area contributed by atoms with E-state index in [1.54, 1.807) is 20.8 Å². The Morgan fingerprint density at radius 2 is 1.87 bits per heavy atom. The zero-order valence-electron chi connectivity index (χ0n) is 8.63. The number of ketones is 2. The fourth-order valence-electron chi connectivity index (χ4n) is 0.978. The Hall–Kier alpha value is -1.29. The fraction of sp³-hybridized carbons (Fsp3) is 0.400. The lowest BCUT2D eigenvalue weighted by Crippen LogP contribution is -2.27. The first-order valence-electron chi connectivity index (χ1n) is 4.31. The number of hydrogen-bond acceptors (Lipinski definition) is 4. The molecule has 1 aliphatic rings. The average Bonchev–Trinajstić information content (AvgIpc) is 2.08. The third kappa shape index (κ3) is 2.59. The molecule has 1 rings (SSSR count). The predicted octanol–water partition coefficient (Wildman–Crippen LogP) is 1.85. The highest BCUT2D eigenvalue weighted by Gasteiger charge is 2.31. The van der Waals surface area contributed by atoms with Crippen molar-refractivity contribution in [3.63, 3.8) is 0 Å². The van der Waals surface area contributed by atoms with Gasteiger partial charge in [-0.05, 0) is 20.8 Å². The standard InChI is InChI=1S/C10H11ClO4/c1-10(2,3)15-9-7(13)5(11)4-6(12)8(9)14/h4,14H,1-3H3. The molecule has 0 aromatic heterocycles. The van der Waals surface area contributed by atoms with Crippen molar-refractivity contribution in [3.05, 3.63) is 22.6 Å². The molecule has 1 aliphatic carbocycles. The first-order chi connectivity index (χ1) is 6.72. The molecule has 82 valence electrons. The SMILES string of the molecule is CC(C)(C)OC1=C(O)C(=O)C=C(Cl)C1=O. The lowest BCUT2D eigenvalue weighted by Gasteiger charge is -2.24. The van der Waals surface area contributed by atoms with Crippen molar-refractivity contribution in [1.29, 1.82) is 0 Å². The van der Waals surface area contributed by atoms with Crippen LogP contribution in [0.15, 0.2) is 22.6 Å². The smallest absolute Gasteiger partial charge is 0.243 e. The molecule has 0 heterocycles. The van der Waals surface area contributed by atoms with Gasteiger partial charge in [-0.2, -0.15) is 0 Å². The molecule has 0 saturated carbocycles. The van der Waals surface area contributed by atoms with Gasteiger partial charge in [-0.15, -0.1) is 0 Å². The minimum absolute atomic E-state index is 0.253. The molecular formula is C10H11ClO4. The number of carbonyl (C=O) groups excluding carboxylic acids is 2. The molecule has 0 fully saturated rings. The maximum atomic E-state index is 11.5. The van der Waals surface area contributed by atoms with E-state index in [0.717, 1.165) is 6.08 Å². The summed E-state index contributed by atoms with van der Waals surface area (Å²) in [5.41, 5.74) is -0.687. The van der Waals surface area contributed by atoms with E-state index < -0.39 is 22.9 Å². The molecule has 0 saturated heterocycles. The predicted molar refractivity (Wildman–Crippen MR) is 54.4 cm³/mol. The normalized spacial score (nSPS) is 18.0. The average molecular weight is 231 g/mol. The topological polar surface area (TPSA) is 63.6 Å². The van der Waals surface area contributed by atoms with E-state index in [9.17, 15) is 14.7 Å². The summed E-state index contributed by atoms with van der Waals surface area (Å²) in [5.74, 6) is -2.48. The van der Waals surface area contributed by atoms with Crippen LogP contribution in [-0.2, 0) is 14.3 Å². The molecule has 15 heavy (non-hydrogen) atoms. The van der Waals surface area contributed by atoms with Crippen LogP contribution >= 0.6 is 11.6 Å². The molecule has 5 heteroatoms. The lowest BCUT2D eigenvalue weighted by molar-refractivity contribution is -0.122. The molecule has 0 unspecified atom stereocenters. The number of Topliss-reactive ketones (excluding diaryl/α,β-unsaturated/α-hetero) is 1. The van der Waals surface area contributed by atoms with Gasteiger partial charge in [0.05, 0.1) is 5.03 Å². The minimum Gasteiger partial charge on any atom is -0.501 e. The second-order valence-corrected chi connectivity index (χ2v) is 4.49. The molecule has 0 aliphatic heterocycles. The molecule has 0 bridgehead atoms. The first kappa shape index (κ1) is 11.8. The van der Waals surface area contributed by atoms with Crippen LogP contribution in [0.25, 0.3) is 0 Å². The van der Waals surface area contributed by atoms with E-state index in [1.165, 1.54) is 0 Å². The zero-order valence-corrected chi connectivity index (χ0v) is 9.38. The molecule has 4 nitrogen and oxygen atoms in total. The fourth-order valence-corrected chi connectivity index (χ4v) is 1.16. The summed E-state index contributed by atoms with van der Waals surface area (Å²) < 4.78 is 5.18. The van der Waals surface area contributed by atoms with Crippen molar-refractivity contribution in [2.24, 2.45) is 0 Å². The molecule has 0 spiro atoms. The Labute approximate surface area is 92.2 Å². The zero-order chi connectivity index (χ0) is 11.8. The van der Waals surface area contributed by atoms with Crippen molar-refractivity contribution >= 4 is 23.2 Å². The van der Waals surface area contributed by atoms with Crippen LogP contribution in [0.1, 0.15) is 20.8 Å². The molecule has 0 radical (unpaired) electrons. The Kier molecular flexibility index (Phi) is 2.90. The monoisotopic (exact) mass is 230 g/mol. The van der Waals surface area contributed by atoms with Crippen LogP contribution in [0.2, 0.25) is 0 Å². The van der Waals surface area contributed by atoms with Gasteiger partial charge >= 0.3 is 0 Å². The number of aliphatic hydroxyl groups is 1. The summed E-state index contributed by atoms with van der Waals surface area (Å²) >= 11 is 5.52. The van der Waals surface area contributed by atoms with Crippen LogP contribution < -0.4 is 0 Å². The number of aliphatic hydroxyl groups excluding tert-OH is 1. The van der Waals surface area contributed by atoms with Crippen LogP contribution in [0, 0.1) is 0 Å². The summed E-state index contributed by atoms with van der Waals surface area (Å²) in [5, 5.41) is 9.12. The number of ether oxygens (including phenoxy) is 1. The Morgan fingerprint density at radius 3 is 2.33 bits per heavy atom. The molecule has 0 atom stereocenters. The summed E-state index contributed by atoms with van der Waals surface area (Å²) in [6.07, 6.45) is 0.870. The van der Waals surface area contributed by atoms with E-state index in [1.807, 2.05) is 0 Å². The number of hydrogen-bond donors (Lipinski definition) is 1. The van der Waals surface area contributed by atoms with Gasteiger partial charge in [0.2, 0.25) is 23.1 Å². The quantitative estimate of drug-likeness (QED) is 0.699. The summed E-state index contributed by atoms with van der Waals surface area (Å²) in [6, 6.07) is 0. The minimum atomic E-state index is -0.723. The maximum absolute atomic E-state index is 11.5. The van der Waals surface area contributed by atoms with Gasteiger partial charge in [-0.1, -0.05) is 11.6 Å². The van der Waals surface area contributed by atoms with Crippen molar-refractivity contribution in [3.8, 4) is 0 Å². The summed E-state index contributed by atoms with van der Waals surface area (Å²) in [7, 11) is 0. The second-order valence-electron chi connectivity index (χ2n) is 4.08.